The largest absolute Gasteiger partial charge is 0.307 e. The van der Waals surface area contributed by atoms with E-state index in [0.29, 0.717) is 9.23 Å². The first kappa shape index (κ1) is 15.8. The molecule has 25 heavy (non-hydrogen) atoms. The number of benzene rings is 2. The van der Waals surface area contributed by atoms with Crippen LogP contribution >= 0.6 is 24.0 Å². The molecule has 1 amide bonds. The van der Waals surface area contributed by atoms with E-state index in [4.69, 9.17) is 17.3 Å². The summed E-state index contributed by atoms with van der Waals surface area (Å²) >= 11 is 6.34. The van der Waals surface area contributed by atoms with Gasteiger partial charge in [-0.25, -0.2) is 4.68 Å². The van der Waals surface area contributed by atoms with E-state index >= 15 is 0 Å². The lowest BCUT2D eigenvalue weighted by Crippen LogP contribution is -2.17. The number of aromatic nitrogens is 2. The van der Waals surface area contributed by atoms with Gasteiger partial charge in [0.1, 0.15) is 4.32 Å². The highest BCUT2D eigenvalue weighted by Crippen LogP contribution is 2.30. The molecule has 2 heterocycles. The summed E-state index contributed by atoms with van der Waals surface area (Å²) in [5.41, 5.74) is 3.65. The molecule has 4 rings (SSSR count). The highest BCUT2D eigenvalue weighted by atomic mass is 32.2. The number of hydrogen-bond donors (Lipinski definition) is 1. The molecule has 0 unspecified atom stereocenters. The molecule has 1 N–H and O–H groups in total. The van der Waals surface area contributed by atoms with Crippen LogP contribution in [0, 0.1) is 0 Å². The fraction of sp³-hybridized carbons (Fsp3) is 0. The first-order chi connectivity index (χ1) is 12.2. The summed E-state index contributed by atoms with van der Waals surface area (Å²) in [7, 11) is 0. The molecular weight excluding hydrogens is 350 g/mol. The third-order valence-corrected chi connectivity index (χ3v) is 4.90. The zero-order valence-corrected chi connectivity index (χ0v) is 14.7. The maximum atomic E-state index is 12.0. The minimum absolute atomic E-state index is 0.165. The van der Waals surface area contributed by atoms with Gasteiger partial charge in [0.2, 0.25) is 0 Å². The van der Waals surface area contributed by atoms with Gasteiger partial charge in [-0.15, -0.1) is 0 Å². The number of rotatable bonds is 3. The Morgan fingerprint density at radius 1 is 1.04 bits per heavy atom. The third-order valence-electron chi connectivity index (χ3n) is 3.74. The lowest BCUT2D eigenvalue weighted by molar-refractivity contribution is -0.115. The summed E-state index contributed by atoms with van der Waals surface area (Å²) in [4.78, 5) is 12.6. The molecule has 1 saturated heterocycles. The zero-order valence-electron chi connectivity index (χ0n) is 13.0. The normalized spacial score (nSPS) is 15.6. The number of para-hydroxylation sites is 1. The van der Waals surface area contributed by atoms with Crippen LogP contribution in [0.15, 0.2) is 71.8 Å². The molecule has 0 bridgehead atoms. The molecule has 6 heteroatoms. The molecule has 0 atom stereocenters. The highest BCUT2D eigenvalue weighted by Gasteiger charge is 2.23. The molecule has 0 aliphatic carbocycles. The van der Waals surface area contributed by atoms with Crippen LogP contribution in [0.5, 0.6) is 0 Å². The molecule has 122 valence electrons. The highest BCUT2D eigenvalue weighted by molar-refractivity contribution is 8.26. The van der Waals surface area contributed by atoms with Gasteiger partial charge >= 0.3 is 0 Å². The third kappa shape index (κ3) is 3.26. The van der Waals surface area contributed by atoms with Gasteiger partial charge in [0.25, 0.3) is 5.91 Å². The molecular formula is C19H13N3OS2. The summed E-state index contributed by atoms with van der Waals surface area (Å²) in [5.74, 6) is -0.165. The van der Waals surface area contributed by atoms with Gasteiger partial charge in [-0.3, -0.25) is 4.79 Å². The first-order valence-corrected chi connectivity index (χ1v) is 8.88. The van der Waals surface area contributed by atoms with Crippen LogP contribution < -0.4 is 5.32 Å². The van der Waals surface area contributed by atoms with Crippen molar-refractivity contribution in [3.05, 3.63) is 77.3 Å². The minimum atomic E-state index is -0.165. The molecule has 0 spiro atoms. The second-order valence-electron chi connectivity index (χ2n) is 5.43. The van der Waals surface area contributed by atoms with E-state index < -0.39 is 0 Å². The maximum absolute atomic E-state index is 12.0. The van der Waals surface area contributed by atoms with Crippen molar-refractivity contribution in [1.29, 1.82) is 0 Å². The average Bonchev–Trinajstić information content (AvgIpc) is 3.20. The van der Waals surface area contributed by atoms with E-state index in [1.165, 1.54) is 11.8 Å². The average molecular weight is 363 g/mol. The number of amides is 1. The lowest BCUT2D eigenvalue weighted by atomic mass is 10.1. The van der Waals surface area contributed by atoms with E-state index in [1.807, 2.05) is 77.6 Å². The van der Waals surface area contributed by atoms with Crippen LogP contribution in [-0.2, 0) is 4.79 Å². The van der Waals surface area contributed by atoms with E-state index in [-0.39, 0.29) is 5.91 Å². The number of carbonyl (C=O) groups is 1. The monoisotopic (exact) mass is 363 g/mol. The molecule has 1 aliphatic rings. The summed E-state index contributed by atoms with van der Waals surface area (Å²) in [5, 5.41) is 7.38. The molecule has 1 aromatic heterocycles. The van der Waals surface area contributed by atoms with Gasteiger partial charge in [0.15, 0.2) is 0 Å². The molecule has 2 aromatic carbocycles. The van der Waals surface area contributed by atoms with Crippen LogP contribution in [-0.4, -0.2) is 20.0 Å². The van der Waals surface area contributed by atoms with Crippen molar-refractivity contribution in [2.45, 2.75) is 0 Å². The van der Waals surface area contributed by atoms with Crippen LogP contribution in [0.1, 0.15) is 5.56 Å². The Kier molecular flexibility index (Phi) is 4.21. The Morgan fingerprint density at radius 2 is 1.72 bits per heavy atom. The smallest absolute Gasteiger partial charge is 0.263 e. The standard InChI is InChI=1S/C19H13N3OS2/c23-18-16(25-19(24)20-18)11-14-12-22(15-9-5-2-6-10-15)21-17(14)13-7-3-1-4-8-13/h1-12H,(H,20,23,24)/b16-11-. The van der Waals surface area contributed by atoms with Crippen molar-refractivity contribution >= 4 is 40.3 Å². The second kappa shape index (κ2) is 6.66. The predicted molar refractivity (Wildman–Crippen MR) is 105 cm³/mol. The van der Waals surface area contributed by atoms with E-state index in [2.05, 4.69) is 5.32 Å². The number of nitrogens with one attached hydrogen (secondary N) is 1. The van der Waals surface area contributed by atoms with E-state index in [0.717, 1.165) is 22.5 Å². The quantitative estimate of drug-likeness (QED) is 0.564. The zero-order chi connectivity index (χ0) is 17.2. The molecule has 1 fully saturated rings. The van der Waals surface area contributed by atoms with E-state index in [1.54, 1.807) is 0 Å². The van der Waals surface area contributed by atoms with Crippen molar-refractivity contribution in [2.24, 2.45) is 0 Å². The van der Waals surface area contributed by atoms with Gasteiger partial charge in [-0.2, -0.15) is 5.10 Å². The van der Waals surface area contributed by atoms with E-state index in [9.17, 15) is 4.79 Å². The fourth-order valence-electron chi connectivity index (χ4n) is 2.59. The minimum Gasteiger partial charge on any atom is -0.307 e. The number of thioether (sulfide) groups is 1. The Morgan fingerprint density at radius 3 is 2.36 bits per heavy atom. The first-order valence-electron chi connectivity index (χ1n) is 7.66. The number of thiocarbonyl (C=S) groups is 1. The van der Waals surface area contributed by atoms with Gasteiger partial charge in [0.05, 0.1) is 16.3 Å². The second-order valence-corrected chi connectivity index (χ2v) is 7.15. The van der Waals surface area contributed by atoms with Gasteiger partial charge in [-0.1, -0.05) is 72.5 Å². The van der Waals surface area contributed by atoms with Crippen LogP contribution in [0.25, 0.3) is 23.0 Å². The van der Waals surface area contributed by atoms with Crippen molar-refractivity contribution in [3.63, 3.8) is 0 Å². The van der Waals surface area contributed by atoms with Crippen molar-refractivity contribution in [1.82, 2.24) is 15.1 Å². The SMILES string of the molecule is O=C1NC(=S)S/C1=C\c1cn(-c2ccccc2)nc1-c1ccccc1. The molecule has 1 aliphatic heterocycles. The summed E-state index contributed by atoms with van der Waals surface area (Å²) < 4.78 is 2.30. The lowest BCUT2D eigenvalue weighted by Gasteiger charge is -2.00. The maximum Gasteiger partial charge on any atom is 0.263 e. The number of carbonyl (C=O) groups excluding carboxylic acids is 1. The Bertz CT molecular complexity index is 978. The van der Waals surface area contributed by atoms with Crippen LogP contribution in [0.4, 0.5) is 0 Å². The molecule has 3 aromatic rings. The van der Waals surface area contributed by atoms with Crippen LogP contribution in [0.2, 0.25) is 0 Å². The van der Waals surface area contributed by atoms with Crippen LogP contribution in [0.3, 0.4) is 0 Å². The van der Waals surface area contributed by atoms with Crippen molar-refractivity contribution in [2.75, 3.05) is 0 Å². The molecule has 0 saturated carbocycles. The van der Waals surface area contributed by atoms with Crippen molar-refractivity contribution < 1.29 is 4.79 Å². The topological polar surface area (TPSA) is 46.9 Å². The predicted octanol–water partition coefficient (Wildman–Crippen LogP) is 4.03. The summed E-state index contributed by atoms with van der Waals surface area (Å²) in [6.07, 6.45) is 3.77. The van der Waals surface area contributed by atoms with Gasteiger partial charge in [0, 0.05) is 17.3 Å². The number of hydrogen-bond acceptors (Lipinski definition) is 4. The Balaban J connectivity index is 1.84. The number of nitrogens with zero attached hydrogens (tertiary/aromatic N) is 2. The summed E-state index contributed by atoms with van der Waals surface area (Å²) in [6.45, 7) is 0. The van der Waals surface area contributed by atoms with Crippen molar-refractivity contribution in [3.8, 4) is 16.9 Å². The van der Waals surface area contributed by atoms with Gasteiger partial charge < -0.3 is 5.32 Å². The van der Waals surface area contributed by atoms with Gasteiger partial charge in [-0.05, 0) is 18.2 Å². The summed E-state index contributed by atoms with van der Waals surface area (Å²) in [6, 6.07) is 19.8. The Labute approximate surface area is 154 Å². The Hall–Kier alpha value is -2.70. The molecule has 0 radical (unpaired) electrons. The molecule has 4 nitrogen and oxygen atoms in total. The fourth-order valence-corrected chi connectivity index (χ4v) is 3.62.